The van der Waals surface area contributed by atoms with Gasteiger partial charge in [-0.15, -0.1) is 11.3 Å². The van der Waals surface area contributed by atoms with Crippen molar-refractivity contribution < 1.29 is 9.18 Å². The molecule has 0 aliphatic heterocycles. The first-order valence-electron chi connectivity index (χ1n) is 5.76. The molecule has 0 aliphatic rings. The highest BCUT2D eigenvalue weighted by molar-refractivity contribution is 7.14. The highest BCUT2D eigenvalue weighted by Crippen LogP contribution is 2.26. The van der Waals surface area contributed by atoms with Gasteiger partial charge in [0, 0.05) is 17.0 Å². The van der Waals surface area contributed by atoms with Crippen LogP contribution < -0.4 is 5.32 Å². The zero-order valence-corrected chi connectivity index (χ0v) is 11.7. The van der Waals surface area contributed by atoms with Crippen molar-refractivity contribution in [3.8, 4) is 0 Å². The number of nitrogens with zero attached hydrogens (tertiary/aromatic N) is 2. The minimum atomic E-state index is -0.785. The molecule has 0 saturated carbocycles. The molecule has 0 aromatic carbocycles. The van der Waals surface area contributed by atoms with Crippen LogP contribution in [0, 0.1) is 5.95 Å². The Morgan fingerprint density at radius 3 is 2.74 bits per heavy atom. The average Bonchev–Trinajstić information content (AvgIpc) is 2.77. The largest absolute Gasteiger partial charge is 0.298 e. The molecule has 0 atom stereocenters. The molecule has 0 unspecified atom stereocenters. The molecule has 19 heavy (non-hydrogen) atoms. The lowest BCUT2D eigenvalue weighted by Gasteiger charge is -2.14. The standard InChI is InChI=1S/C13H14FN3OS/c1-13(2,3)9-7-19-12(16-9)17-11(18)8-5-4-6-15-10(8)14/h4-7H,1-3H3,(H,16,17,18). The van der Waals surface area contributed by atoms with Crippen LogP contribution in [0.25, 0.3) is 0 Å². The van der Waals surface area contributed by atoms with Gasteiger partial charge in [-0.2, -0.15) is 4.39 Å². The predicted molar refractivity (Wildman–Crippen MR) is 73.0 cm³/mol. The molecule has 0 aliphatic carbocycles. The first-order chi connectivity index (χ1) is 8.88. The van der Waals surface area contributed by atoms with Gasteiger partial charge in [-0.1, -0.05) is 20.8 Å². The molecule has 100 valence electrons. The number of hydrogen-bond donors (Lipinski definition) is 1. The summed E-state index contributed by atoms with van der Waals surface area (Å²) in [6.07, 6.45) is 1.30. The third-order valence-corrected chi connectivity index (χ3v) is 3.25. The smallest absolute Gasteiger partial charge is 0.262 e. The Kier molecular flexibility index (Phi) is 3.61. The number of nitrogens with one attached hydrogen (secondary N) is 1. The van der Waals surface area contributed by atoms with Gasteiger partial charge in [0.05, 0.1) is 11.3 Å². The lowest BCUT2D eigenvalue weighted by atomic mass is 9.93. The van der Waals surface area contributed by atoms with Crippen LogP contribution in [0.2, 0.25) is 0 Å². The van der Waals surface area contributed by atoms with Crippen molar-refractivity contribution in [2.75, 3.05) is 5.32 Å². The monoisotopic (exact) mass is 279 g/mol. The Bertz CT molecular complexity index is 604. The Morgan fingerprint density at radius 2 is 2.16 bits per heavy atom. The van der Waals surface area contributed by atoms with Gasteiger partial charge >= 0.3 is 0 Å². The number of amides is 1. The van der Waals surface area contributed by atoms with Crippen LogP contribution in [0.4, 0.5) is 9.52 Å². The van der Waals surface area contributed by atoms with Crippen molar-refractivity contribution in [2.45, 2.75) is 26.2 Å². The molecule has 6 heteroatoms. The zero-order chi connectivity index (χ0) is 14.0. The van der Waals surface area contributed by atoms with Crippen molar-refractivity contribution in [3.63, 3.8) is 0 Å². The molecule has 4 nitrogen and oxygen atoms in total. The van der Waals surface area contributed by atoms with Crippen LogP contribution in [-0.2, 0) is 5.41 Å². The fourth-order valence-electron chi connectivity index (χ4n) is 1.40. The van der Waals surface area contributed by atoms with Gasteiger partial charge in [0.15, 0.2) is 5.13 Å². The lowest BCUT2D eigenvalue weighted by Crippen LogP contribution is -2.15. The van der Waals surface area contributed by atoms with E-state index in [-0.39, 0.29) is 11.0 Å². The maximum absolute atomic E-state index is 13.3. The number of halogens is 1. The van der Waals surface area contributed by atoms with Gasteiger partial charge < -0.3 is 0 Å². The summed E-state index contributed by atoms with van der Waals surface area (Å²) >= 11 is 1.32. The third-order valence-electron chi connectivity index (χ3n) is 2.50. The summed E-state index contributed by atoms with van der Waals surface area (Å²) in [6.45, 7) is 6.11. The van der Waals surface area contributed by atoms with E-state index < -0.39 is 11.9 Å². The highest BCUT2D eigenvalue weighted by atomic mass is 32.1. The van der Waals surface area contributed by atoms with Gasteiger partial charge in [0.2, 0.25) is 5.95 Å². The second-order valence-electron chi connectivity index (χ2n) is 5.08. The molecule has 0 radical (unpaired) electrons. The third kappa shape index (κ3) is 3.14. The van der Waals surface area contributed by atoms with Gasteiger partial charge in [-0.3, -0.25) is 10.1 Å². The number of pyridine rings is 1. The van der Waals surface area contributed by atoms with Crippen molar-refractivity contribution in [1.29, 1.82) is 0 Å². The number of carbonyl (C=O) groups excluding carboxylic acids is 1. The zero-order valence-electron chi connectivity index (χ0n) is 10.9. The summed E-state index contributed by atoms with van der Waals surface area (Å²) < 4.78 is 13.3. The van der Waals surface area contributed by atoms with Crippen LogP contribution in [0.1, 0.15) is 36.8 Å². The van der Waals surface area contributed by atoms with Crippen LogP contribution in [0.3, 0.4) is 0 Å². The van der Waals surface area contributed by atoms with Gasteiger partial charge in [-0.25, -0.2) is 9.97 Å². The topological polar surface area (TPSA) is 54.9 Å². The van der Waals surface area contributed by atoms with Crippen molar-refractivity contribution in [3.05, 3.63) is 40.9 Å². The van der Waals surface area contributed by atoms with E-state index in [1.54, 1.807) is 0 Å². The number of carbonyl (C=O) groups is 1. The molecular formula is C13H14FN3OS. The first-order valence-corrected chi connectivity index (χ1v) is 6.64. The number of anilines is 1. The molecule has 1 amide bonds. The van der Waals surface area contributed by atoms with Gasteiger partial charge in [0.25, 0.3) is 5.91 Å². The van der Waals surface area contributed by atoms with Crippen molar-refractivity contribution in [1.82, 2.24) is 9.97 Å². The molecule has 0 saturated heterocycles. The molecule has 2 aromatic heterocycles. The van der Waals surface area contributed by atoms with Crippen LogP contribution >= 0.6 is 11.3 Å². The van der Waals surface area contributed by atoms with Gasteiger partial charge in [-0.05, 0) is 12.1 Å². The summed E-state index contributed by atoms with van der Waals surface area (Å²) in [5, 5.41) is 4.92. The molecule has 2 rings (SSSR count). The Labute approximate surface area is 114 Å². The molecular weight excluding hydrogens is 265 g/mol. The van der Waals surface area contributed by atoms with Crippen molar-refractivity contribution in [2.24, 2.45) is 0 Å². The van der Waals surface area contributed by atoms with E-state index in [0.717, 1.165) is 5.69 Å². The number of thiazole rings is 1. The predicted octanol–water partition coefficient (Wildman–Crippen LogP) is 3.23. The fraction of sp³-hybridized carbons (Fsp3) is 0.308. The lowest BCUT2D eigenvalue weighted by molar-refractivity contribution is 0.102. The summed E-state index contributed by atoms with van der Waals surface area (Å²) in [4.78, 5) is 19.6. The van der Waals surface area contributed by atoms with E-state index in [9.17, 15) is 9.18 Å². The molecule has 1 N–H and O–H groups in total. The fourth-order valence-corrected chi connectivity index (χ4v) is 2.33. The van der Waals surface area contributed by atoms with E-state index in [1.165, 1.54) is 29.7 Å². The van der Waals surface area contributed by atoms with Gasteiger partial charge in [0.1, 0.15) is 0 Å². The number of aromatic nitrogens is 2. The summed E-state index contributed by atoms with van der Waals surface area (Å²) in [5.41, 5.74) is 0.716. The maximum atomic E-state index is 13.3. The highest BCUT2D eigenvalue weighted by Gasteiger charge is 2.19. The van der Waals surface area contributed by atoms with E-state index in [0.29, 0.717) is 5.13 Å². The molecule has 0 fully saturated rings. The number of rotatable bonds is 2. The molecule has 2 heterocycles. The Hall–Kier alpha value is -1.82. The van der Waals surface area contributed by atoms with E-state index >= 15 is 0 Å². The molecule has 0 spiro atoms. The summed E-state index contributed by atoms with van der Waals surface area (Å²) in [5.74, 6) is -1.33. The second kappa shape index (κ2) is 5.05. The van der Waals surface area contributed by atoms with Crippen LogP contribution in [0.5, 0.6) is 0 Å². The van der Waals surface area contributed by atoms with Crippen LogP contribution in [-0.4, -0.2) is 15.9 Å². The summed E-state index contributed by atoms with van der Waals surface area (Å²) in [7, 11) is 0. The summed E-state index contributed by atoms with van der Waals surface area (Å²) in [6, 6.07) is 2.90. The SMILES string of the molecule is CC(C)(C)c1csc(NC(=O)c2cccnc2F)n1. The molecule has 2 aromatic rings. The minimum absolute atomic E-state index is 0.0843. The van der Waals surface area contributed by atoms with E-state index in [4.69, 9.17) is 0 Å². The van der Waals surface area contributed by atoms with E-state index in [2.05, 4.69) is 15.3 Å². The maximum Gasteiger partial charge on any atom is 0.262 e. The number of hydrogen-bond acceptors (Lipinski definition) is 4. The quantitative estimate of drug-likeness (QED) is 0.859. The second-order valence-corrected chi connectivity index (χ2v) is 5.94. The Balaban J connectivity index is 2.16. The van der Waals surface area contributed by atoms with Crippen molar-refractivity contribution >= 4 is 22.4 Å². The minimum Gasteiger partial charge on any atom is -0.298 e. The van der Waals surface area contributed by atoms with E-state index in [1.807, 2.05) is 26.2 Å². The van der Waals surface area contributed by atoms with Crippen LogP contribution in [0.15, 0.2) is 23.7 Å². The normalized spacial score (nSPS) is 11.4. The molecule has 0 bridgehead atoms. The first kappa shape index (κ1) is 13.6. The average molecular weight is 279 g/mol. The Morgan fingerprint density at radius 1 is 1.42 bits per heavy atom.